The van der Waals surface area contributed by atoms with E-state index >= 15 is 0 Å². The van der Waals surface area contributed by atoms with Crippen molar-refractivity contribution in [2.24, 2.45) is 0 Å². The van der Waals surface area contributed by atoms with E-state index in [1.54, 1.807) is 11.9 Å². The Morgan fingerprint density at radius 1 is 1.12 bits per heavy atom. The smallest absolute Gasteiger partial charge is 0.231 e. The molecule has 1 aromatic carbocycles. The maximum atomic E-state index is 11.8. The second kappa shape index (κ2) is 5.52. The van der Waals surface area contributed by atoms with Crippen LogP contribution >= 0.6 is 11.3 Å². The Hall–Kier alpha value is -2.54. The molecular formula is C17H15N3O3S. The van der Waals surface area contributed by atoms with Crippen molar-refractivity contribution >= 4 is 34.7 Å². The molecule has 2 aliphatic rings. The normalized spacial score (nSPS) is 17.1. The van der Waals surface area contributed by atoms with Gasteiger partial charge in [0.2, 0.25) is 17.7 Å². The van der Waals surface area contributed by atoms with Gasteiger partial charge in [-0.3, -0.25) is 19.3 Å². The lowest BCUT2D eigenvalue weighted by Gasteiger charge is -2.11. The highest BCUT2D eigenvalue weighted by Crippen LogP contribution is 2.32. The molecule has 3 amide bonds. The van der Waals surface area contributed by atoms with Gasteiger partial charge >= 0.3 is 0 Å². The Morgan fingerprint density at radius 2 is 1.88 bits per heavy atom. The number of carbonyl (C=O) groups excluding carboxylic acids is 3. The monoisotopic (exact) mass is 341 g/mol. The van der Waals surface area contributed by atoms with E-state index in [2.05, 4.69) is 4.98 Å². The minimum atomic E-state index is -0.129. The number of fused-ring (bicyclic) bond motifs is 1. The summed E-state index contributed by atoms with van der Waals surface area (Å²) in [5, 5.41) is 2.66. The summed E-state index contributed by atoms with van der Waals surface area (Å²) < 4.78 is 0. The third-order valence-corrected chi connectivity index (χ3v) is 5.29. The SMILES string of the molecule is CN1C(=O)Cc2cc(-c3csc(CN4C(=O)CCC4=O)n3)ccc21. The Bertz CT molecular complexity index is 858. The Kier molecular flexibility index (Phi) is 3.45. The van der Waals surface area contributed by atoms with Crippen molar-refractivity contribution in [3.05, 3.63) is 34.2 Å². The minimum absolute atomic E-state index is 0.0900. The van der Waals surface area contributed by atoms with Crippen LogP contribution in [0.2, 0.25) is 0 Å². The van der Waals surface area contributed by atoms with Gasteiger partial charge in [0.1, 0.15) is 5.01 Å². The quantitative estimate of drug-likeness (QED) is 0.801. The van der Waals surface area contributed by atoms with Crippen LogP contribution in [0.5, 0.6) is 0 Å². The number of likely N-dealkylation sites (N-methyl/N-ethyl adjacent to an activating group) is 1. The van der Waals surface area contributed by atoms with Gasteiger partial charge in [0, 0.05) is 36.5 Å². The lowest BCUT2D eigenvalue weighted by atomic mass is 10.1. The maximum absolute atomic E-state index is 11.8. The van der Waals surface area contributed by atoms with Gasteiger partial charge in [-0.05, 0) is 17.7 Å². The molecule has 2 aromatic rings. The predicted octanol–water partition coefficient (Wildman–Crippen LogP) is 1.98. The molecule has 0 N–H and O–H groups in total. The van der Waals surface area contributed by atoms with Crippen LogP contribution < -0.4 is 4.90 Å². The van der Waals surface area contributed by atoms with Crippen molar-refractivity contribution in [3.8, 4) is 11.3 Å². The molecule has 1 aromatic heterocycles. The van der Waals surface area contributed by atoms with Crippen molar-refractivity contribution in [3.63, 3.8) is 0 Å². The van der Waals surface area contributed by atoms with Crippen molar-refractivity contribution < 1.29 is 14.4 Å². The number of aromatic nitrogens is 1. The Balaban J connectivity index is 1.57. The fraction of sp³-hybridized carbons (Fsp3) is 0.294. The number of hydrogen-bond donors (Lipinski definition) is 0. The molecule has 0 aliphatic carbocycles. The predicted molar refractivity (Wildman–Crippen MR) is 89.5 cm³/mol. The summed E-state index contributed by atoms with van der Waals surface area (Å²) in [5.74, 6) is -0.168. The fourth-order valence-corrected chi connectivity index (χ4v) is 3.87. The molecule has 0 unspecified atom stereocenters. The molecule has 0 atom stereocenters. The number of carbonyl (C=O) groups is 3. The zero-order chi connectivity index (χ0) is 16.8. The van der Waals surface area contributed by atoms with Gasteiger partial charge in [-0.2, -0.15) is 0 Å². The summed E-state index contributed by atoms with van der Waals surface area (Å²) >= 11 is 1.44. The van der Waals surface area contributed by atoms with E-state index < -0.39 is 0 Å². The zero-order valence-electron chi connectivity index (χ0n) is 13.1. The average molecular weight is 341 g/mol. The molecule has 0 radical (unpaired) electrons. The van der Waals surface area contributed by atoms with E-state index in [1.165, 1.54) is 16.2 Å². The third-order valence-electron chi connectivity index (χ3n) is 4.45. The van der Waals surface area contributed by atoms with Gasteiger partial charge in [-0.1, -0.05) is 6.07 Å². The number of anilines is 1. The highest BCUT2D eigenvalue weighted by molar-refractivity contribution is 7.09. The number of likely N-dealkylation sites (tertiary alicyclic amines) is 1. The Labute approximate surface area is 142 Å². The van der Waals surface area contributed by atoms with Crippen molar-refractivity contribution in [2.45, 2.75) is 25.8 Å². The summed E-state index contributed by atoms with van der Waals surface area (Å²) in [4.78, 5) is 42.7. The van der Waals surface area contributed by atoms with Crippen LogP contribution in [0.25, 0.3) is 11.3 Å². The molecule has 3 heterocycles. The van der Waals surface area contributed by atoms with Crippen LogP contribution in [0.1, 0.15) is 23.4 Å². The van der Waals surface area contributed by atoms with E-state index in [-0.39, 0.29) is 24.3 Å². The van der Waals surface area contributed by atoms with Gasteiger partial charge in [0.25, 0.3) is 0 Å². The van der Waals surface area contributed by atoms with E-state index in [0.29, 0.717) is 19.3 Å². The molecule has 122 valence electrons. The number of amides is 3. The lowest BCUT2D eigenvalue weighted by Crippen LogP contribution is -2.28. The summed E-state index contributed by atoms with van der Waals surface area (Å²) in [6.07, 6.45) is 1.00. The summed E-state index contributed by atoms with van der Waals surface area (Å²) in [5.41, 5.74) is 3.68. The number of thiazole rings is 1. The van der Waals surface area contributed by atoms with E-state index in [0.717, 1.165) is 27.5 Å². The molecule has 24 heavy (non-hydrogen) atoms. The molecule has 6 nitrogen and oxygen atoms in total. The van der Waals surface area contributed by atoms with Crippen molar-refractivity contribution in [1.29, 1.82) is 0 Å². The van der Waals surface area contributed by atoms with Gasteiger partial charge in [-0.25, -0.2) is 4.98 Å². The van der Waals surface area contributed by atoms with Gasteiger partial charge in [-0.15, -0.1) is 11.3 Å². The highest BCUT2D eigenvalue weighted by atomic mass is 32.1. The Morgan fingerprint density at radius 3 is 2.62 bits per heavy atom. The first-order valence-electron chi connectivity index (χ1n) is 7.70. The van der Waals surface area contributed by atoms with Crippen molar-refractivity contribution in [1.82, 2.24) is 9.88 Å². The maximum Gasteiger partial charge on any atom is 0.231 e. The van der Waals surface area contributed by atoms with Gasteiger partial charge in [0.05, 0.1) is 18.7 Å². The standard InChI is InChI=1S/C17H15N3O3S/c1-19-13-3-2-10(6-11(13)7-17(19)23)12-9-24-14(18-12)8-20-15(21)4-5-16(20)22/h2-3,6,9H,4-5,7-8H2,1H3. The number of rotatable bonds is 3. The number of nitrogens with zero attached hydrogens (tertiary/aromatic N) is 3. The van der Waals surface area contributed by atoms with Crippen LogP contribution in [0, 0.1) is 0 Å². The first-order valence-corrected chi connectivity index (χ1v) is 8.58. The van der Waals surface area contributed by atoms with Crippen LogP contribution in [-0.2, 0) is 27.3 Å². The molecule has 4 rings (SSSR count). The average Bonchev–Trinajstić information content (AvgIpc) is 3.23. The van der Waals surface area contributed by atoms with Gasteiger partial charge < -0.3 is 4.90 Å². The lowest BCUT2D eigenvalue weighted by molar-refractivity contribution is -0.139. The van der Waals surface area contributed by atoms with Crippen LogP contribution in [0.4, 0.5) is 5.69 Å². The molecule has 1 fully saturated rings. The molecule has 0 spiro atoms. The van der Waals surface area contributed by atoms with Crippen LogP contribution in [-0.4, -0.2) is 34.7 Å². The van der Waals surface area contributed by atoms with Crippen LogP contribution in [0.15, 0.2) is 23.6 Å². The summed E-state index contributed by atoms with van der Waals surface area (Å²) in [6, 6.07) is 5.86. The third kappa shape index (κ3) is 2.41. The largest absolute Gasteiger partial charge is 0.315 e. The molecule has 2 aliphatic heterocycles. The number of imide groups is 1. The van der Waals surface area contributed by atoms with E-state index in [9.17, 15) is 14.4 Å². The second-order valence-corrected chi connectivity index (χ2v) is 6.92. The second-order valence-electron chi connectivity index (χ2n) is 5.97. The topological polar surface area (TPSA) is 70.6 Å². The zero-order valence-corrected chi connectivity index (χ0v) is 13.9. The molecule has 1 saturated heterocycles. The summed E-state index contributed by atoms with van der Waals surface area (Å²) in [7, 11) is 1.78. The number of benzene rings is 1. The van der Waals surface area contributed by atoms with E-state index in [1.807, 2.05) is 23.6 Å². The summed E-state index contributed by atoms with van der Waals surface area (Å²) in [6.45, 7) is 0.245. The molecule has 0 bridgehead atoms. The first kappa shape index (κ1) is 15.0. The number of hydrogen-bond acceptors (Lipinski definition) is 5. The molecule has 7 heteroatoms. The van der Waals surface area contributed by atoms with E-state index in [4.69, 9.17) is 0 Å². The van der Waals surface area contributed by atoms with Gasteiger partial charge in [0.15, 0.2) is 0 Å². The van der Waals surface area contributed by atoms with Crippen molar-refractivity contribution in [2.75, 3.05) is 11.9 Å². The van der Waals surface area contributed by atoms with Crippen LogP contribution in [0.3, 0.4) is 0 Å². The highest BCUT2D eigenvalue weighted by Gasteiger charge is 2.29. The molecular weight excluding hydrogens is 326 g/mol. The first-order chi connectivity index (χ1) is 11.5. The molecule has 0 saturated carbocycles. The minimum Gasteiger partial charge on any atom is -0.315 e. The fourth-order valence-electron chi connectivity index (χ4n) is 3.08.